The highest BCUT2D eigenvalue weighted by Gasteiger charge is 2.15. The lowest BCUT2D eigenvalue weighted by Gasteiger charge is -2.02. The van der Waals surface area contributed by atoms with Crippen molar-refractivity contribution in [2.45, 2.75) is 33.0 Å². The fraction of sp³-hybridized carbons (Fsp3) is 0.375. The molecule has 0 fully saturated rings. The van der Waals surface area contributed by atoms with Crippen molar-refractivity contribution < 1.29 is 4.79 Å². The maximum absolute atomic E-state index is 12.4. The average Bonchev–Trinajstić information content (AvgIpc) is 3.10. The third-order valence-corrected chi connectivity index (χ3v) is 4.10. The van der Waals surface area contributed by atoms with E-state index in [1.807, 2.05) is 23.9 Å². The van der Waals surface area contributed by atoms with E-state index in [1.54, 1.807) is 16.9 Å². The van der Waals surface area contributed by atoms with Crippen LogP contribution in [0.2, 0.25) is 0 Å². The molecule has 0 saturated carbocycles. The molecule has 1 aliphatic heterocycles. The van der Waals surface area contributed by atoms with Crippen LogP contribution in [0.25, 0.3) is 5.65 Å². The quantitative estimate of drug-likeness (QED) is 0.728. The van der Waals surface area contributed by atoms with Gasteiger partial charge >= 0.3 is 0 Å². The molecule has 25 heavy (non-hydrogen) atoms. The normalized spacial score (nSPS) is 13.8. The van der Waals surface area contributed by atoms with Crippen LogP contribution in [-0.4, -0.2) is 36.8 Å². The molecule has 3 aromatic rings. The summed E-state index contributed by atoms with van der Waals surface area (Å²) < 4.78 is 3.63. The maximum atomic E-state index is 12.4. The predicted octanol–water partition coefficient (Wildman–Crippen LogP) is 1.08. The first kappa shape index (κ1) is 17.4. The molecule has 0 spiro atoms. The van der Waals surface area contributed by atoms with E-state index in [4.69, 9.17) is 0 Å². The van der Waals surface area contributed by atoms with Gasteiger partial charge in [-0.05, 0) is 31.5 Å². The summed E-state index contributed by atoms with van der Waals surface area (Å²) >= 11 is 0. The Kier molecular flexibility index (Phi) is 5.00. The van der Waals surface area contributed by atoms with Crippen molar-refractivity contribution in [3.8, 4) is 0 Å². The first-order valence-electron chi connectivity index (χ1n) is 8.05. The lowest BCUT2D eigenvalue weighted by molar-refractivity contribution is 0.0951. The van der Waals surface area contributed by atoms with Crippen molar-refractivity contribution in [3.05, 3.63) is 47.2 Å². The Bertz CT molecular complexity index is 878. The van der Waals surface area contributed by atoms with Crippen LogP contribution in [0.4, 0.5) is 0 Å². The van der Waals surface area contributed by atoms with Gasteiger partial charge in [-0.1, -0.05) is 0 Å². The molecule has 132 valence electrons. The zero-order valence-corrected chi connectivity index (χ0v) is 14.7. The van der Waals surface area contributed by atoms with Crippen LogP contribution in [0, 0.1) is 6.92 Å². The number of fused-ring (bicyclic) bond motifs is 2. The van der Waals surface area contributed by atoms with E-state index >= 15 is 0 Å². The molecule has 4 rings (SSSR count). The lowest BCUT2D eigenvalue weighted by atomic mass is 10.3. The molecule has 0 saturated heterocycles. The van der Waals surface area contributed by atoms with Crippen LogP contribution in [0.3, 0.4) is 0 Å². The van der Waals surface area contributed by atoms with Crippen molar-refractivity contribution in [2.24, 2.45) is 0 Å². The largest absolute Gasteiger partial charge is 0.346 e. The Morgan fingerprint density at radius 2 is 2.28 bits per heavy atom. The number of amides is 1. The zero-order chi connectivity index (χ0) is 16.5. The highest BCUT2D eigenvalue weighted by molar-refractivity contribution is 5.99. The molecule has 9 heteroatoms. The van der Waals surface area contributed by atoms with Gasteiger partial charge in [-0.15, -0.1) is 12.4 Å². The number of aryl methyl sites for hydroxylation is 2. The number of halogens is 1. The predicted molar refractivity (Wildman–Crippen MR) is 94.7 cm³/mol. The SMILES string of the molecule is Cc1cnc2c(C(=O)NCc3cc4n(n3)CCCNC4)cnn2c1.Cl. The Hall–Kier alpha value is -2.45. The minimum atomic E-state index is -0.192. The van der Waals surface area contributed by atoms with E-state index in [2.05, 4.69) is 25.8 Å². The Morgan fingerprint density at radius 3 is 3.16 bits per heavy atom. The van der Waals surface area contributed by atoms with Gasteiger partial charge in [0, 0.05) is 25.5 Å². The van der Waals surface area contributed by atoms with Crippen LogP contribution in [0.15, 0.2) is 24.7 Å². The summed E-state index contributed by atoms with van der Waals surface area (Å²) in [6, 6.07) is 2.04. The minimum absolute atomic E-state index is 0. The summed E-state index contributed by atoms with van der Waals surface area (Å²) in [5.41, 5.74) is 4.04. The third-order valence-electron chi connectivity index (χ3n) is 4.10. The van der Waals surface area contributed by atoms with Crippen LogP contribution in [0.1, 0.15) is 33.7 Å². The summed E-state index contributed by atoms with van der Waals surface area (Å²) in [6.45, 7) is 5.07. The second-order valence-corrected chi connectivity index (χ2v) is 6.02. The summed E-state index contributed by atoms with van der Waals surface area (Å²) in [6.07, 6.45) is 6.18. The molecule has 1 aliphatic rings. The molecule has 0 bridgehead atoms. The van der Waals surface area contributed by atoms with Crippen LogP contribution in [0.5, 0.6) is 0 Å². The van der Waals surface area contributed by atoms with Gasteiger partial charge in [-0.3, -0.25) is 9.48 Å². The smallest absolute Gasteiger partial charge is 0.257 e. The van der Waals surface area contributed by atoms with E-state index in [9.17, 15) is 4.79 Å². The molecule has 0 atom stereocenters. The van der Waals surface area contributed by atoms with Crippen molar-refractivity contribution in [3.63, 3.8) is 0 Å². The molecule has 8 nitrogen and oxygen atoms in total. The fourth-order valence-electron chi connectivity index (χ4n) is 2.90. The monoisotopic (exact) mass is 361 g/mol. The standard InChI is InChI=1S/C16H19N7O.ClH/c1-11-6-18-15-14(9-20-23(15)10-11)16(24)19-7-12-5-13-8-17-3-2-4-22(13)21-12;/h5-6,9-10,17H,2-4,7-8H2,1H3,(H,19,24);1H. The first-order chi connectivity index (χ1) is 11.7. The van der Waals surface area contributed by atoms with Gasteiger partial charge in [0.2, 0.25) is 0 Å². The van der Waals surface area contributed by atoms with Crippen molar-refractivity contribution in [1.29, 1.82) is 0 Å². The highest BCUT2D eigenvalue weighted by Crippen LogP contribution is 2.11. The zero-order valence-electron chi connectivity index (χ0n) is 13.9. The number of hydrogen-bond acceptors (Lipinski definition) is 5. The second-order valence-electron chi connectivity index (χ2n) is 6.02. The third kappa shape index (κ3) is 3.49. The molecule has 4 heterocycles. The number of aromatic nitrogens is 5. The molecular weight excluding hydrogens is 342 g/mol. The summed E-state index contributed by atoms with van der Waals surface area (Å²) in [5.74, 6) is -0.192. The van der Waals surface area contributed by atoms with E-state index in [-0.39, 0.29) is 18.3 Å². The van der Waals surface area contributed by atoms with E-state index in [1.165, 1.54) is 0 Å². The van der Waals surface area contributed by atoms with E-state index < -0.39 is 0 Å². The fourth-order valence-corrected chi connectivity index (χ4v) is 2.90. The van der Waals surface area contributed by atoms with Gasteiger partial charge in [-0.2, -0.15) is 10.2 Å². The molecule has 0 aliphatic carbocycles. The molecule has 2 N–H and O–H groups in total. The number of nitrogens with zero attached hydrogens (tertiary/aromatic N) is 5. The van der Waals surface area contributed by atoms with Gasteiger partial charge in [0.1, 0.15) is 5.56 Å². The minimum Gasteiger partial charge on any atom is -0.346 e. The molecular formula is C16H20ClN7O. The van der Waals surface area contributed by atoms with Crippen LogP contribution < -0.4 is 10.6 Å². The van der Waals surface area contributed by atoms with E-state index in [0.29, 0.717) is 17.8 Å². The summed E-state index contributed by atoms with van der Waals surface area (Å²) in [5, 5.41) is 15.0. The van der Waals surface area contributed by atoms with Crippen molar-refractivity contribution >= 4 is 24.0 Å². The van der Waals surface area contributed by atoms with Crippen LogP contribution >= 0.6 is 12.4 Å². The first-order valence-corrected chi connectivity index (χ1v) is 8.05. The van der Waals surface area contributed by atoms with Gasteiger partial charge in [0.15, 0.2) is 5.65 Å². The average molecular weight is 362 g/mol. The molecule has 1 amide bonds. The number of hydrogen-bond donors (Lipinski definition) is 2. The van der Waals surface area contributed by atoms with Gasteiger partial charge in [-0.25, -0.2) is 9.50 Å². The topological polar surface area (TPSA) is 89.1 Å². The lowest BCUT2D eigenvalue weighted by Crippen LogP contribution is -2.23. The number of carbonyl (C=O) groups excluding carboxylic acids is 1. The van der Waals surface area contributed by atoms with Crippen molar-refractivity contribution in [1.82, 2.24) is 35.0 Å². The molecule has 0 unspecified atom stereocenters. The van der Waals surface area contributed by atoms with Gasteiger partial charge in [0.25, 0.3) is 5.91 Å². The van der Waals surface area contributed by atoms with Crippen LogP contribution in [-0.2, 0) is 19.6 Å². The summed E-state index contributed by atoms with van der Waals surface area (Å²) in [7, 11) is 0. The van der Waals surface area contributed by atoms with Crippen molar-refractivity contribution in [2.75, 3.05) is 6.54 Å². The highest BCUT2D eigenvalue weighted by atomic mass is 35.5. The number of carbonyl (C=O) groups is 1. The van der Waals surface area contributed by atoms with Gasteiger partial charge in [0.05, 0.1) is 24.1 Å². The summed E-state index contributed by atoms with van der Waals surface area (Å²) in [4.78, 5) is 16.7. The molecule has 0 aromatic carbocycles. The number of nitrogens with one attached hydrogen (secondary N) is 2. The maximum Gasteiger partial charge on any atom is 0.257 e. The number of rotatable bonds is 3. The Labute approximate surface area is 151 Å². The van der Waals surface area contributed by atoms with Gasteiger partial charge < -0.3 is 10.6 Å². The Morgan fingerprint density at radius 1 is 1.40 bits per heavy atom. The second kappa shape index (κ2) is 7.20. The molecule has 3 aromatic heterocycles. The molecule has 0 radical (unpaired) electrons. The van der Waals surface area contributed by atoms with E-state index in [0.717, 1.165) is 43.0 Å². The Balaban J connectivity index is 0.00000182.